The molecular formula is C48H73N7O6S. The highest BCUT2D eigenvalue weighted by Gasteiger charge is 2.43. The van der Waals surface area contributed by atoms with Crippen molar-refractivity contribution in [3.63, 3.8) is 0 Å². The lowest BCUT2D eigenvalue weighted by molar-refractivity contribution is -0.148. The van der Waals surface area contributed by atoms with Crippen LogP contribution in [0.5, 0.6) is 0 Å². The Balaban J connectivity index is 1.48. The average Bonchev–Trinajstić information content (AvgIpc) is 3.96. The molecule has 342 valence electrons. The van der Waals surface area contributed by atoms with Crippen molar-refractivity contribution in [1.29, 1.82) is 0 Å². The third-order valence-electron chi connectivity index (χ3n) is 12.6. The van der Waals surface area contributed by atoms with E-state index >= 15 is 0 Å². The summed E-state index contributed by atoms with van der Waals surface area (Å²) in [6.45, 7) is 14.9. The van der Waals surface area contributed by atoms with Crippen LogP contribution in [-0.2, 0) is 41.6 Å². The molecule has 4 rings (SSSR count). The van der Waals surface area contributed by atoms with Crippen LogP contribution in [0.1, 0.15) is 96.3 Å². The zero-order valence-corrected chi connectivity index (χ0v) is 39.7. The molecule has 62 heavy (non-hydrogen) atoms. The predicted octanol–water partition coefficient (Wildman–Crippen LogP) is 6.34. The second kappa shape index (κ2) is 23.9. The molecule has 1 aromatic heterocycles. The molecule has 14 heteroatoms. The topological polar surface area (TPSA) is 159 Å². The summed E-state index contributed by atoms with van der Waals surface area (Å²) in [7, 11) is 6.84. The Morgan fingerprint density at radius 2 is 1.61 bits per heavy atom. The SMILES string of the molecule is CC[C@H](C)C([C@@H](CC(=O)N1CCC[C@H]1[C@H](OC)[C@@H](C)C(=O)N[C@@H](Cc1ccccc1)c1nccs1)OC)N(C)C(=O)[C@@H](NC(=O)C(C(C)C)N(C)Cc1cccc(N)c1)C(C)C. The van der Waals surface area contributed by atoms with Gasteiger partial charge in [-0.1, -0.05) is 97.4 Å². The van der Waals surface area contributed by atoms with Gasteiger partial charge in [0, 0.05) is 51.6 Å². The number of nitrogens with one attached hydrogen (secondary N) is 2. The molecule has 2 aromatic carbocycles. The zero-order valence-electron chi connectivity index (χ0n) is 38.9. The van der Waals surface area contributed by atoms with Gasteiger partial charge in [0.2, 0.25) is 23.6 Å². The predicted molar refractivity (Wildman–Crippen MR) is 247 cm³/mol. The van der Waals surface area contributed by atoms with Crippen molar-refractivity contribution in [2.24, 2.45) is 23.7 Å². The van der Waals surface area contributed by atoms with E-state index in [1.165, 1.54) is 11.3 Å². The Kier molecular flexibility index (Phi) is 19.4. The lowest BCUT2D eigenvalue weighted by Gasteiger charge is -2.41. The number of nitrogens with two attached hydrogens (primary N) is 1. The number of nitrogens with zero attached hydrogens (tertiary/aromatic N) is 4. The molecule has 3 aromatic rings. The largest absolute Gasteiger partial charge is 0.399 e. The third kappa shape index (κ3) is 13.1. The van der Waals surface area contributed by atoms with Gasteiger partial charge in [0.1, 0.15) is 11.0 Å². The lowest BCUT2D eigenvalue weighted by Crippen LogP contribution is -2.60. The summed E-state index contributed by atoms with van der Waals surface area (Å²) in [5.41, 5.74) is 8.78. The van der Waals surface area contributed by atoms with Gasteiger partial charge < -0.3 is 35.6 Å². The van der Waals surface area contributed by atoms with Crippen LogP contribution in [0.2, 0.25) is 0 Å². The van der Waals surface area contributed by atoms with Gasteiger partial charge in [-0.25, -0.2) is 4.98 Å². The normalized spacial score (nSPS) is 18.2. The molecule has 0 bridgehead atoms. The fourth-order valence-corrected chi connectivity index (χ4v) is 9.82. The highest BCUT2D eigenvalue weighted by molar-refractivity contribution is 7.09. The smallest absolute Gasteiger partial charge is 0.245 e. The van der Waals surface area contributed by atoms with E-state index in [1.54, 1.807) is 32.4 Å². The number of carbonyl (C=O) groups is 4. The van der Waals surface area contributed by atoms with Crippen LogP contribution >= 0.6 is 11.3 Å². The van der Waals surface area contributed by atoms with Crippen molar-refractivity contribution >= 4 is 40.7 Å². The van der Waals surface area contributed by atoms with Crippen LogP contribution in [0, 0.1) is 23.7 Å². The van der Waals surface area contributed by atoms with Crippen LogP contribution in [0.15, 0.2) is 66.2 Å². The van der Waals surface area contributed by atoms with Crippen LogP contribution < -0.4 is 16.4 Å². The summed E-state index contributed by atoms with van der Waals surface area (Å²) in [5.74, 6) is -1.61. The Labute approximate surface area is 374 Å². The fraction of sp³-hybridized carbons (Fsp3) is 0.604. The van der Waals surface area contributed by atoms with E-state index < -0.39 is 36.3 Å². The van der Waals surface area contributed by atoms with E-state index in [0.717, 1.165) is 29.0 Å². The number of benzene rings is 2. The number of ether oxygens (including phenoxy) is 2. The maximum Gasteiger partial charge on any atom is 0.245 e. The summed E-state index contributed by atoms with van der Waals surface area (Å²) in [6.07, 6.45) is 3.37. The highest BCUT2D eigenvalue weighted by Crippen LogP contribution is 2.31. The fourth-order valence-electron chi connectivity index (χ4n) is 9.13. The number of hydrogen-bond donors (Lipinski definition) is 3. The highest BCUT2D eigenvalue weighted by atomic mass is 32.1. The minimum Gasteiger partial charge on any atom is -0.399 e. The number of methoxy groups -OCH3 is 2. The molecule has 0 radical (unpaired) electrons. The van der Waals surface area contributed by atoms with E-state index in [2.05, 4.69) is 29.5 Å². The number of thiazole rings is 1. The summed E-state index contributed by atoms with van der Waals surface area (Å²) in [5, 5.41) is 9.10. The van der Waals surface area contributed by atoms with E-state index in [1.807, 2.05) is 111 Å². The van der Waals surface area contributed by atoms with Crippen molar-refractivity contribution in [2.75, 3.05) is 40.6 Å². The molecule has 1 saturated heterocycles. The number of anilines is 1. The van der Waals surface area contributed by atoms with Crippen molar-refractivity contribution in [3.05, 3.63) is 82.3 Å². The van der Waals surface area contributed by atoms with Gasteiger partial charge in [-0.05, 0) is 67.3 Å². The summed E-state index contributed by atoms with van der Waals surface area (Å²) in [6, 6.07) is 15.2. The van der Waals surface area contributed by atoms with Crippen molar-refractivity contribution in [2.45, 2.75) is 130 Å². The Morgan fingerprint density at radius 3 is 2.19 bits per heavy atom. The van der Waals surface area contributed by atoms with Gasteiger partial charge >= 0.3 is 0 Å². The Morgan fingerprint density at radius 1 is 0.919 bits per heavy atom. The molecule has 1 aliphatic heterocycles. The number of likely N-dealkylation sites (tertiary alicyclic amines) is 1. The molecular weight excluding hydrogens is 803 g/mol. The Hall–Kier alpha value is -4.37. The van der Waals surface area contributed by atoms with Crippen LogP contribution in [0.4, 0.5) is 5.69 Å². The second-order valence-corrected chi connectivity index (χ2v) is 18.7. The maximum atomic E-state index is 14.6. The first kappa shape index (κ1) is 50.3. The maximum absolute atomic E-state index is 14.6. The second-order valence-electron chi connectivity index (χ2n) is 17.8. The Bertz CT molecular complexity index is 1860. The number of hydrogen-bond acceptors (Lipinski definition) is 10. The van der Waals surface area contributed by atoms with Crippen molar-refractivity contribution in [3.8, 4) is 0 Å². The number of nitrogen functional groups attached to an aromatic ring is 1. The third-order valence-corrected chi connectivity index (χ3v) is 13.5. The van der Waals surface area contributed by atoms with E-state index in [-0.39, 0.29) is 59.9 Å². The van der Waals surface area contributed by atoms with Crippen molar-refractivity contribution in [1.82, 2.24) is 30.3 Å². The first-order chi connectivity index (χ1) is 29.5. The summed E-state index contributed by atoms with van der Waals surface area (Å²) in [4.78, 5) is 67.1. The van der Waals surface area contributed by atoms with Crippen LogP contribution in [0.3, 0.4) is 0 Å². The van der Waals surface area contributed by atoms with E-state index in [4.69, 9.17) is 15.2 Å². The molecule has 13 nitrogen and oxygen atoms in total. The first-order valence-corrected chi connectivity index (χ1v) is 23.1. The van der Waals surface area contributed by atoms with Gasteiger partial charge in [0.05, 0.1) is 48.7 Å². The van der Waals surface area contributed by atoms with Gasteiger partial charge in [-0.2, -0.15) is 0 Å². The van der Waals surface area contributed by atoms with Gasteiger partial charge in [-0.15, -0.1) is 11.3 Å². The molecule has 0 spiro atoms. The van der Waals surface area contributed by atoms with Crippen LogP contribution in [0.25, 0.3) is 0 Å². The van der Waals surface area contributed by atoms with Gasteiger partial charge in [0.25, 0.3) is 0 Å². The van der Waals surface area contributed by atoms with E-state index in [0.29, 0.717) is 31.6 Å². The monoisotopic (exact) mass is 876 g/mol. The molecule has 9 atom stereocenters. The minimum absolute atomic E-state index is 0.0305. The molecule has 1 aliphatic rings. The standard InChI is InChI=1S/C48H73N7O6S/c1-12-32(6)43(54(9)48(59)41(30(2)3)52-46(58)42(31(4)5)53(8)29-35-20-16-21-36(49)26-35)39(60-10)28-40(56)55-24-17-22-38(55)44(61-11)33(7)45(57)51-37(47-50-23-25-62-47)27-34-18-14-13-15-19-34/h13-16,18-21,23,25-26,30-33,37-39,41-44H,12,17,22,24,27-29,49H2,1-11H3,(H,51,57)(H,52,58)/t32-,33+,37-,38-,39+,41-,42?,43?,44+/m0/s1. The van der Waals surface area contributed by atoms with Crippen LogP contribution in [-0.4, -0.2) is 115 Å². The summed E-state index contributed by atoms with van der Waals surface area (Å²) < 4.78 is 12.2. The van der Waals surface area contributed by atoms with Gasteiger partial charge in [-0.3, -0.25) is 24.1 Å². The number of rotatable bonds is 23. The van der Waals surface area contributed by atoms with Crippen molar-refractivity contribution < 1.29 is 28.7 Å². The zero-order chi connectivity index (χ0) is 45.7. The quantitative estimate of drug-likeness (QED) is 0.0925. The molecule has 4 amide bonds. The molecule has 2 unspecified atom stereocenters. The lowest BCUT2D eigenvalue weighted by atomic mass is 9.89. The molecule has 4 N–H and O–H groups in total. The molecule has 0 aliphatic carbocycles. The molecule has 1 fully saturated rings. The minimum atomic E-state index is -0.810. The number of aromatic nitrogens is 1. The number of carbonyl (C=O) groups excluding carboxylic acids is 4. The number of likely N-dealkylation sites (N-methyl/N-ethyl adjacent to an activating group) is 2. The number of amides is 4. The average molecular weight is 876 g/mol. The van der Waals surface area contributed by atoms with E-state index in [9.17, 15) is 19.2 Å². The molecule has 0 saturated carbocycles. The first-order valence-electron chi connectivity index (χ1n) is 22.2. The van der Waals surface area contributed by atoms with Gasteiger partial charge in [0.15, 0.2) is 0 Å². The molecule has 2 heterocycles. The summed E-state index contributed by atoms with van der Waals surface area (Å²) >= 11 is 1.50.